The van der Waals surface area contributed by atoms with E-state index in [9.17, 15) is 5.11 Å². The molecule has 0 aliphatic rings. The normalized spacial score (nSPS) is 13.1. The Balaban J connectivity index is 1.77. The molecule has 0 heterocycles. The van der Waals surface area contributed by atoms with E-state index in [1.54, 1.807) is 0 Å². The fourth-order valence-electron chi connectivity index (χ4n) is 2.76. The van der Waals surface area contributed by atoms with E-state index < -0.39 is 6.10 Å². The average Bonchev–Trinajstić information content (AvgIpc) is 2.54. The summed E-state index contributed by atoms with van der Waals surface area (Å²) in [5.74, 6) is 0. The molecule has 132 valence electrons. The predicted molar refractivity (Wildman–Crippen MR) is 98.2 cm³/mol. The Labute approximate surface area is 145 Å². The lowest BCUT2D eigenvalue weighted by atomic mass is 10.0. The van der Waals surface area contributed by atoms with Crippen molar-refractivity contribution in [3.8, 4) is 0 Å². The number of benzene rings is 2. The second kappa shape index (κ2) is 9.74. The monoisotopic (exact) mass is 331 g/mol. The third kappa shape index (κ3) is 6.21. The molecule has 0 aliphatic heterocycles. The van der Waals surface area contributed by atoms with Gasteiger partial charge in [-0.25, -0.2) is 0 Å². The largest absolute Gasteiger partial charge is 0.389 e. The number of hydrogen-bond acceptors (Lipinski definition) is 4. The Kier molecular flexibility index (Phi) is 7.66. The summed E-state index contributed by atoms with van der Waals surface area (Å²) in [6, 6.07) is 14.7. The van der Waals surface area contributed by atoms with Gasteiger partial charge in [0.25, 0.3) is 0 Å². The van der Waals surface area contributed by atoms with Crippen LogP contribution in [0.1, 0.15) is 19.4 Å². The zero-order valence-electron chi connectivity index (χ0n) is 14.9. The second-order valence-corrected chi connectivity index (χ2v) is 6.48. The van der Waals surface area contributed by atoms with E-state index >= 15 is 0 Å². The fourth-order valence-corrected chi connectivity index (χ4v) is 2.76. The Morgan fingerprint density at radius 2 is 1.79 bits per heavy atom. The topological polar surface area (TPSA) is 41.9 Å². The summed E-state index contributed by atoms with van der Waals surface area (Å²) in [4.78, 5) is 2.13. The molecule has 24 heavy (non-hydrogen) atoms. The molecule has 0 radical (unpaired) electrons. The van der Waals surface area contributed by atoms with Crippen LogP contribution in [0, 0.1) is 0 Å². The van der Waals surface area contributed by atoms with Gasteiger partial charge in [-0.15, -0.1) is 0 Å². The Morgan fingerprint density at radius 3 is 2.58 bits per heavy atom. The Morgan fingerprint density at radius 1 is 1.04 bits per heavy atom. The zero-order chi connectivity index (χ0) is 17.4. The van der Waals surface area contributed by atoms with Crippen LogP contribution in [-0.4, -0.2) is 55.6 Å². The van der Waals surface area contributed by atoms with Crippen LogP contribution in [0.25, 0.3) is 10.8 Å². The molecule has 0 spiro atoms. The van der Waals surface area contributed by atoms with Gasteiger partial charge >= 0.3 is 0 Å². The van der Waals surface area contributed by atoms with E-state index in [-0.39, 0.29) is 6.10 Å². The van der Waals surface area contributed by atoms with Gasteiger partial charge < -0.3 is 14.6 Å². The Bertz CT molecular complexity index is 609. The van der Waals surface area contributed by atoms with Crippen molar-refractivity contribution in [2.75, 3.05) is 33.4 Å². The van der Waals surface area contributed by atoms with E-state index in [2.05, 4.69) is 47.4 Å². The molecule has 0 saturated carbocycles. The van der Waals surface area contributed by atoms with Crippen molar-refractivity contribution in [1.29, 1.82) is 0 Å². The van der Waals surface area contributed by atoms with Crippen molar-refractivity contribution in [2.45, 2.75) is 32.6 Å². The fraction of sp³-hybridized carbons (Fsp3) is 0.500. The average molecular weight is 331 g/mol. The van der Waals surface area contributed by atoms with Crippen molar-refractivity contribution >= 4 is 10.8 Å². The SMILES string of the molecule is CC(C)OCCOCC(O)CN(C)Cc1cccc2ccccc12. The van der Waals surface area contributed by atoms with Gasteiger partial charge in [0.15, 0.2) is 0 Å². The molecular weight excluding hydrogens is 302 g/mol. The molecule has 0 aliphatic carbocycles. The zero-order valence-corrected chi connectivity index (χ0v) is 14.9. The van der Waals surface area contributed by atoms with Crippen LogP contribution < -0.4 is 0 Å². The summed E-state index contributed by atoms with van der Waals surface area (Å²) >= 11 is 0. The van der Waals surface area contributed by atoms with E-state index in [0.29, 0.717) is 26.4 Å². The number of ether oxygens (including phenoxy) is 2. The number of hydrogen-bond donors (Lipinski definition) is 1. The maximum Gasteiger partial charge on any atom is 0.0900 e. The smallest absolute Gasteiger partial charge is 0.0900 e. The van der Waals surface area contributed by atoms with E-state index in [0.717, 1.165) is 6.54 Å². The number of aliphatic hydroxyl groups is 1. The van der Waals surface area contributed by atoms with Gasteiger partial charge in [0, 0.05) is 13.1 Å². The quantitative estimate of drug-likeness (QED) is 0.680. The van der Waals surface area contributed by atoms with Crippen LogP contribution in [-0.2, 0) is 16.0 Å². The first kappa shape index (κ1) is 18.9. The van der Waals surface area contributed by atoms with E-state index in [4.69, 9.17) is 9.47 Å². The summed E-state index contributed by atoms with van der Waals surface area (Å²) < 4.78 is 10.9. The van der Waals surface area contributed by atoms with Gasteiger partial charge in [-0.3, -0.25) is 4.90 Å². The van der Waals surface area contributed by atoms with Gasteiger partial charge in [0.1, 0.15) is 0 Å². The molecule has 2 aromatic rings. The summed E-state index contributed by atoms with van der Waals surface area (Å²) in [5, 5.41) is 12.6. The first-order chi connectivity index (χ1) is 11.6. The molecule has 1 unspecified atom stereocenters. The van der Waals surface area contributed by atoms with Crippen LogP contribution in [0.5, 0.6) is 0 Å². The van der Waals surface area contributed by atoms with Crippen molar-refractivity contribution < 1.29 is 14.6 Å². The second-order valence-electron chi connectivity index (χ2n) is 6.48. The molecule has 2 aromatic carbocycles. The van der Waals surface area contributed by atoms with Gasteiger partial charge in [-0.1, -0.05) is 42.5 Å². The third-order valence-corrected chi connectivity index (χ3v) is 3.83. The standard InChI is InChI=1S/C20H29NO3/c1-16(2)24-12-11-23-15-19(22)14-21(3)13-18-9-6-8-17-7-4-5-10-20(17)18/h4-10,16,19,22H,11-15H2,1-3H3. The predicted octanol–water partition coefficient (Wildman–Crippen LogP) is 3.07. The summed E-state index contributed by atoms with van der Waals surface area (Å²) in [6.07, 6.45) is -0.283. The first-order valence-electron chi connectivity index (χ1n) is 8.59. The maximum atomic E-state index is 10.1. The van der Waals surface area contributed by atoms with E-state index in [1.165, 1.54) is 16.3 Å². The van der Waals surface area contributed by atoms with Crippen LogP contribution in [0.3, 0.4) is 0 Å². The van der Waals surface area contributed by atoms with Crippen LogP contribution >= 0.6 is 0 Å². The highest BCUT2D eigenvalue weighted by molar-refractivity contribution is 5.85. The van der Waals surface area contributed by atoms with Crippen LogP contribution in [0.2, 0.25) is 0 Å². The van der Waals surface area contributed by atoms with Crippen molar-refractivity contribution in [2.24, 2.45) is 0 Å². The van der Waals surface area contributed by atoms with Crippen molar-refractivity contribution in [3.05, 3.63) is 48.0 Å². The molecule has 1 N–H and O–H groups in total. The molecule has 4 nitrogen and oxygen atoms in total. The lowest BCUT2D eigenvalue weighted by molar-refractivity contribution is -0.0173. The summed E-state index contributed by atoms with van der Waals surface area (Å²) in [7, 11) is 2.02. The molecule has 0 amide bonds. The number of rotatable bonds is 10. The molecule has 4 heteroatoms. The summed E-state index contributed by atoms with van der Waals surface area (Å²) in [6.45, 7) is 6.79. The van der Waals surface area contributed by atoms with Gasteiger partial charge in [-0.2, -0.15) is 0 Å². The molecule has 0 bridgehead atoms. The lowest BCUT2D eigenvalue weighted by Gasteiger charge is -2.21. The van der Waals surface area contributed by atoms with Crippen molar-refractivity contribution in [3.63, 3.8) is 0 Å². The van der Waals surface area contributed by atoms with Gasteiger partial charge in [-0.05, 0) is 37.2 Å². The molecule has 0 saturated heterocycles. The number of likely N-dealkylation sites (N-methyl/N-ethyl adjacent to an activating group) is 1. The van der Waals surface area contributed by atoms with Gasteiger partial charge in [0.2, 0.25) is 0 Å². The van der Waals surface area contributed by atoms with Crippen LogP contribution in [0.15, 0.2) is 42.5 Å². The molecule has 1 atom stereocenters. The molecule has 0 aromatic heterocycles. The lowest BCUT2D eigenvalue weighted by Crippen LogP contribution is -2.32. The highest BCUT2D eigenvalue weighted by Crippen LogP contribution is 2.19. The molecule has 0 fully saturated rings. The third-order valence-electron chi connectivity index (χ3n) is 3.83. The highest BCUT2D eigenvalue weighted by atomic mass is 16.5. The van der Waals surface area contributed by atoms with E-state index in [1.807, 2.05) is 20.9 Å². The molecule has 2 rings (SSSR count). The summed E-state index contributed by atoms with van der Waals surface area (Å²) in [5.41, 5.74) is 1.27. The minimum absolute atomic E-state index is 0.213. The first-order valence-corrected chi connectivity index (χ1v) is 8.59. The highest BCUT2D eigenvalue weighted by Gasteiger charge is 2.10. The molecular formula is C20H29NO3. The minimum atomic E-state index is -0.496. The number of fused-ring (bicyclic) bond motifs is 1. The number of nitrogens with zero attached hydrogens (tertiary/aromatic N) is 1. The van der Waals surface area contributed by atoms with Gasteiger partial charge in [0.05, 0.1) is 32.0 Å². The Hall–Kier alpha value is -1.46. The van der Waals surface area contributed by atoms with Crippen molar-refractivity contribution in [1.82, 2.24) is 4.90 Å². The number of aliphatic hydroxyl groups excluding tert-OH is 1. The minimum Gasteiger partial charge on any atom is -0.389 e. The maximum absolute atomic E-state index is 10.1. The van der Waals surface area contributed by atoms with Crippen LogP contribution in [0.4, 0.5) is 0 Å².